The van der Waals surface area contributed by atoms with Crippen molar-refractivity contribution >= 4 is 39.6 Å². The molecule has 1 fully saturated rings. The van der Waals surface area contributed by atoms with E-state index in [0.717, 1.165) is 17.3 Å². The molecule has 1 aromatic carbocycles. The number of hydrogen-bond acceptors (Lipinski definition) is 4. The zero-order chi connectivity index (χ0) is 17.7. The lowest BCUT2D eigenvalue weighted by atomic mass is 10.1. The Morgan fingerprint density at radius 3 is 2.79 bits per heavy atom. The maximum Gasteiger partial charge on any atom is 0.329 e. The predicted octanol–water partition coefficient (Wildman–Crippen LogP) is 4.33. The Bertz CT molecular complexity index is 593. The number of nitrogens with zero attached hydrogens (tertiary/aromatic N) is 1. The number of thioether (sulfide) groups is 1. The first-order valence-corrected chi connectivity index (χ1v) is 10.2. The second-order valence-electron chi connectivity index (χ2n) is 6.23. The molecule has 1 amide bonds. The molecule has 0 N–H and O–H groups in total. The Labute approximate surface area is 156 Å². The summed E-state index contributed by atoms with van der Waals surface area (Å²) in [6, 6.07) is 6.78. The second kappa shape index (κ2) is 8.90. The van der Waals surface area contributed by atoms with Gasteiger partial charge in [-0.1, -0.05) is 49.2 Å². The van der Waals surface area contributed by atoms with Crippen LogP contribution in [0.3, 0.4) is 0 Å². The van der Waals surface area contributed by atoms with Crippen LogP contribution in [0.1, 0.15) is 44.0 Å². The van der Waals surface area contributed by atoms with Gasteiger partial charge in [0.1, 0.15) is 6.04 Å². The summed E-state index contributed by atoms with van der Waals surface area (Å²) < 4.78 is 6.23. The average molecular weight is 414 g/mol. The largest absolute Gasteiger partial charge is 0.464 e. The summed E-state index contributed by atoms with van der Waals surface area (Å²) in [4.78, 5) is 27.2. The minimum atomic E-state index is -0.509. The van der Waals surface area contributed by atoms with E-state index in [-0.39, 0.29) is 23.2 Å². The lowest BCUT2D eigenvalue weighted by molar-refractivity contribution is -0.148. The molecule has 0 radical (unpaired) electrons. The number of rotatable bonds is 6. The van der Waals surface area contributed by atoms with Crippen molar-refractivity contribution in [3.8, 4) is 0 Å². The molecular formula is C18H24BrNO3S. The molecule has 24 heavy (non-hydrogen) atoms. The number of hydrogen-bond donors (Lipinski definition) is 0. The minimum absolute atomic E-state index is 0.0137. The molecule has 1 aliphatic rings. The molecule has 4 nitrogen and oxygen atoms in total. The van der Waals surface area contributed by atoms with Crippen molar-refractivity contribution in [1.29, 1.82) is 0 Å². The van der Waals surface area contributed by atoms with Crippen LogP contribution in [-0.2, 0) is 9.53 Å². The summed E-state index contributed by atoms with van der Waals surface area (Å²) in [6.45, 7) is 6.62. The van der Waals surface area contributed by atoms with E-state index in [1.165, 1.54) is 0 Å². The second-order valence-corrected chi connectivity index (χ2v) is 8.29. The number of amides is 1. The summed E-state index contributed by atoms with van der Waals surface area (Å²) in [6.07, 6.45) is 1.82. The zero-order valence-electron chi connectivity index (χ0n) is 14.3. The molecule has 0 aromatic heterocycles. The molecule has 2 unspecified atom stereocenters. The van der Waals surface area contributed by atoms with Gasteiger partial charge < -0.3 is 9.64 Å². The fourth-order valence-electron chi connectivity index (χ4n) is 2.66. The highest BCUT2D eigenvalue weighted by atomic mass is 79.9. The van der Waals surface area contributed by atoms with Gasteiger partial charge >= 0.3 is 5.97 Å². The van der Waals surface area contributed by atoms with E-state index >= 15 is 0 Å². The Morgan fingerprint density at radius 2 is 2.17 bits per heavy atom. The number of unbranched alkanes of at least 4 members (excludes halogenated alkanes) is 1. The number of benzene rings is 1. The molecule has 0 spiro atoms. The van der Waals surface area contributed by atoms with Crippen molar-refractivity contribution < 1.29 is 14.3 Å². The van der Waals surface area contributed by atoms with E-state index in [2.05, 4.69) is 36.7 Å². The van der Waals surface area contributed by atoms with Crippen molar-refractivity contribution in [2.24, 2.45) is 5.92 Å². The Hall–Kier alpha value is -1.01. The molecule has 6 heteroatoms. The van der Waals surface area contributed by atoms with Gasteiger partial charge in [-0.05, 0) is 30.5 Å². The van der Waals surface area contributed by atoms with Gasteiger partial charge in [0.05, 0.1) is 12.0 Å². The van der Waals surface area contributed by atoms with E-state index in [0.29, 0.717) is 17.9 Å². The van der Waals surface area contributed by atoms with Crippen LogP contribution in [0.25, 0.3) is 0 Å². The van der Waals surface area contributed by atoms with Crippen molar-refractivity contribution in [2.45, 2.75) is 45.0 Å². The number of esters is 1. The summed E-state index contributed by atoms with van der Waals surface area (Å²) in [5.74, 6) is 0.451. The highest BCUT2D eigenvalue weighted by Gasteiger charge is 2.43. The summed E-state index contributed by atoms with van der Waals surface area (Å²) >= 11 is 5.06. The summed E-state index contributed by atoms with van der Waals surface area (Å²) in [5, 5.41) is -0.0137. The highest BCUT2D eigenvalue weighted by molar-refractivity contribution is 9.10. The van der Waals surface area contributed by atoms with Gasteiger partial charge in [-0.25, -0.2) is 4.79 Å². The topological polar surface area (TPSA) is 46.6 Å². The standard InChI is InChI=1S/C18H24BrNO3S/c1-4-5-9-23-18(22)15-11-24-17(12(2)3)20(15)16(21)13-7-6-8-14(19)10-13/h6-8,10,12,15,17H,4-5,9,11H2,1-3H3. The maximum atomic E-state index is 13.0. The van der Waals surface area contributed by atoms with Crippen LogP contribution in [0.5, 0.6) is 0 Å². The Kier molecular flexibility index (Phi) is 7.16. The highest BCUT2D eigenvalue weighted by Crippen LogP contribution is 2.35. The Balaban J connectivity index is 2.21. The van der Waals surface area contributed by atoms with E-state index in [9.17, 15) is 9.59 Å². The zero-order valence-corrected chi connectivity index (χ0v) is 16.7. The maximum absolute atomic E-state index is 13.0. The number of ether oxygens (including phenoxy) is 1. The minimum Gasteiger partial charge on any atom is -0.464 e. The van der Waals surface area contributed by atoms with E-state index < -0.39 is 6.04 Å². The van der Waals surface area contributed by atoms with Crippen LogP contribution < -0.4 is 0 Å². The van der Waals surface area contributed by atoms with Crippen molar-refractivity contribution in [3.05, 3.63) is 34.3 Å². The smallest absolute Gasteiger partial charge is 0.329 e. The first-order valence-electron chi connectivity index (χ1n) is 8.32. The summed E-state index contributed by atoms with van der Waals surface area (Å²) in [7, 11) is 0. The van der Waals surface area contributed by atoms with Crippen LogP contribution in [0, 0.1) is 5.92 Å². The van der Waals surface area contributed by atoms with Crippen LogP contribution in [0.15, 0.2) is 28.7 Å². The lowest BCUT2D eigenvalue weighted by Crippen LogP contribution is -2.47. The number of carbonyl (C=O) groups is 2. The van der Waals surface area contributed by atoms with Gasteiger partial charge in [-0.3, -0.25) is 4.79 Å². The van der Waals surface area contributed by atoms with Crippen molar-refractivity contribution in [3.63, 3.8) is 0 Å². The molecule has 132 valence electrons. The van der Waals surface area contributed by atoms with Gasteiger partial charge in [0, 0.05) is 15.8 Å². The average Bonchev–Trinajstić information content (AvgIpc) is 2.99. The number of carbonyl (C=O) groups excluding carboxylic acids is 2. The van der Waals surface area contributed by atoms with Gasteiger partial charge in [-0.15, -0.1) is 11.8 Å². The first kappa shape index (κ1) is 19.3. The SMILES string of the molecule is CCCCOC(=O)C1CSC(C(C)C)N1C(=O)c1cccc(Br)c1. The van der Waals surface area contributed by atoms with Crippen LogP contribution >= 0.6 is 27.7 Å². The molecule has 1 heterocycles. The predicted molar refractivity (Wildman–Crippen MR) is 101 cm³/mol. The number of halogens is 1. The molecule has 0 bridgehead atoms. The van der Waals surface area contributed by atoms with E-state index in [1.807, 2.05) is 12.1 Å². The normalized spacial score (nSPS) is 20.5. The molecular weight excluding hydrogens is 390 g/mol. The van der Waals surface area contributed by atoms with Gasteiger partial charge in [0.25, 0.3) is 5.91 Å². The fraction of sp³-hybridized carbons (Fsp3) is 0.556. The van der Waals surface area contributed by atoms with E-state index in [1.54, 1.807) is 28.8 Å². The Morgan fingerprint density at radius 1 is 1.42 bits per heavy atom. The molecule has 0 aliphatic carbocycles. The van der Waals surface area contributed by atoms with Gasteiger partial charge in [0.2, 0.25) is 0 Å². The van der Waals surface area contributed by atoms with Crippen molar-refractivity contribution in [2.75, 3.05) is 12.4 Å². The van der Waals surface area contributed by atoms with Crippen LogP contribution in [0.4, 0.5) is 0 Å². The van der Waals surface area contributed by atoms with Crippen molar-refractivity contribution in [1.82, 2.24) is 4.90 Å². The monoisotopic (exact) mass is 413 g/mol. The van der Waals surface area contributed by atoms with Crippen LogP contribution in [-0.4, -0.2) is 40.6 Å². The first-order chi connectivity index (χ1) is 11.5. The summed E-state index contributed by atoms with van der Waals surface area (Å²) in [5.41, 5.74) is 0.587. The molecule has 1 aromatic rings. The quantitative estimate of drug-likeness (QED) is 0.514. The molecule has 0 saturated carbocycles. The van der Waals surface area contributed by atoms with E-state index in [4.69, 9.17) is 4.74 Å². The molecule has 1 saturated heterocycles. The lowest BCUT2D eigenvalue weighted by Gasteiger charge is -2.30. The fourth-order valence-corrected chi connectivity index (χ4v) is 4.53. The molecule has 2 rings (SSSR count). The van der Waals surface area contributed by atoms with Gasteiger partial charge in [0.15, 0.2) is 0 Å². The molecule has 2 atom stereocenters. The van der Waals surface area contributed by atoms with Crippen LogP contribution in [0.2, 0.25) is 0 Å². The van der Waals surface area contributed by atoms with Gasteiger partial charge in [-0.2, -0.15) is 0 Å². The third-order valence-corrected chi connectivity index (χ3v) is 6.04. The third-order valence-electron chi connectivity index (χ3n) is 3.93. The third kappa shape index (κ3) is 4.54. The molecule has 1 aliphatic heterocycles.